The predicted octanol–water partition coefficient (Wildman–Crippen LogP) is 2.57. The van der Waals surface area contributed by atoms with Crippen LogP contribution in [0, 0.1) is 11.6 Å². The van der Waals surface area contributed by atoms with Crippen LogP contribution in [0.4, 0.5) is 31.9 Å². The van der Waals surface area contributed by atoms with Crippen LogP contribution in [0.3, 0.4) is 0 Å². The van der Waals surface area contributed by atoms with E-state index in [9.17, 15) is 13.6 Å². The van der Waals surface area contributed by atoms with Gasteiger partial charge in [0.15, 0.2) is 23.3 Å². The number of rotatable bonds is 9. The monoisotopic (exact) mass is 393 g/mol. The molecule has 0 aromatic carbocycles. The summed E-state index contributed by atoms with van der Waals surface area (Å²) in [5.74, 6) is -2.25. The minimum Gasteiger partial charge on any atom is -0.371 e. The summed E-state index contributed by atoms with van der Waals surface area (Å²) in [5.41, 5.74) is 11.3. The van der Waals surface area contributed by atoms with E-state index in [2.05, 4.69) is 25.9 Å². The number of hydrogen-bond donors (Lipinski definition) is 5. The first-order valence-electron chi connectivity index (χ1n) is 8.89. The summed E-state index contributed by atoms with van der Waals surface area (Å²) in [5, 5.41) is 8.34. The van der Waals surface area contributed by atoms with E-state index in [1.807, 2.05) is 6.92 Å². The lowest BCUT2D eigenvalue weighted by Gasteiger charge is -2.23. The minimum atomic E-state index is -0.877. The average Bonchev–Trinajstić information content (AvgIpc) is 2.63. The first-order valence-corrected chi connectivity index (χ1v) is 8.89. The summed E-state index contributed by atoms with van der Waals surface area (Å²) in [7, 11) is 1.54. The van der Waals surface area contributed by atoms with E-state index in [0.29, 0.717) is 6.42 Å². The van der Waals surface area contributed by atoms with Gasteiger partial charge in [-0.25, -0.2) is 18.7 Å². The smallest absolute Gasteiger partial charge is 0.252 e. The van der Waals surface area contributed by atoms with Crippen LogP contribution in [0.5, 0.6) is 0 Å². The SMILES string of the molecule is CCC[C@@H](Nc1nc(Nc2cnc(NC)c(F)c2)c(C(N)=O)cc1F)[C@H](C)N. The molecule has 0 aliphatic carbocycles. The third kappa shape index (κ3) is 5.03. The highest BCUT2D eigenvalue weighted by molar-refractivity contribution is 5.98. The topological polar surface area (TPSA) is 131 Å². The Morgan fingerprint density at radius 3 is 2.43 bits per heavy atom. The van der Waals surface area contributed by atoms with Gasteiger partial charge in [0.2, 0.25) is 0 Å². The Labute approximate surface area is 162 Å². The second-order valence-electron chi connectivity index (χ2n) is 6.41. The summed E-state index contributed by atoms with van der Waals surface area (Å²) in [6.07, 6.45) is 2.90. The van der Waals surface area contributed by atoms with Crippen molar-refractivity contribution in [2.45, 2.75) is 38.8 Å². The van der Waals surface area contributed by atoms with Crippen LogP contribution in [0.2, 0.25) is 0 Å². The number of anilines is 4. The molecule has 10 heteroatoms. The van der Waals surface area contributed by atoms with Crippen molar-refractivity contribution in [2.75, 3.05) is 23.0 Å². The van der Waals surface area contributed by atoms with E-state index >= 15 is 0 Å². The Morgan fingerprint density at radius 2 is 1.89 bits per heavy atom. The molecule has 2 aromatic rings. The number of pyridine rings is 2. The molecule has 2 rings (SSSR count). The maximum Gasteiger partial charge on any atom is 0.252 e. The normalized spacial score (nSPS) is 12.9. The molecule has 2 aromatic heterocycles. The Kier molecular flexibility index (Phi) is 7.05. The zero-order chi connectivity index (χ0) is 20.8. The van der Waals surface area contributed by atoms with E-state index in [4.69, 9.17) is 11.5 Å². The number of primary amides is 1. The number of carbonyl (C=O) groups is 1. The molecule has 0 radical (unpaired) electrons. The van der Waals surface area contributed by atoms with Crippen molar-refractivity contribution in [3.05, 3.63) is 35.5 Å². The Bertz CT molecular complexity index is 845. The molecule has 0 aliphatic heterocycles. The lowest BCUT2D eigenvalue weighted by molar-refractivity contribution is 0.100. The molecule has 7 N–H and O–H groups in total. The lowest BCUT2D eigenvalue weighted by Crippen LogP contribution is -2.38. The molecule has 2 heterocycles. The lowest BCUT2D eigenvalue weighted by atomic mass is 10.1. The van der Waals surface area contributed by atoms with Crippen molar-refractivity contribution >= 4 is 29.0 Å². The molecule has 28 heavy (non-hydrogen) atoms. The second-order valence-corrected chi connectivity index (χ2v) is 6.41. The van der Waals surface area contributed by atoms with Crippen LogP contribution in [0.15, 0.2) is 18.3 Å². The molecule has 1 amide bonds. The number of halogens is 2. The van der Waals surface area contributed by atoms with Gasteiger partial charge >= 0.3 is 0 Å². The van der Waals surface area contributed by atoms with Crippen LogP contribution in [0.1, 0.15) is 37.0 Å². The van der Waals surface area contributed by atoms with Gasteiger partial charge < -0.3 is 27.4 Å². The van der Waals surface area contributed by atoms with Gasteiger partial charge in [0.25, 0.3) is 5.91 Å². The van der Waals surface area contributed by atoms with E-state index in [1.54, 1.807) is 6.92 Å². The number of aromatic nitrogens is 2. The van der Waals surface area contributed by atoms with E-state index in [0.717, 1.165) is 12.5 Å². The van der Waals surface area contributed by atoms with Crippen molar-refractivity contribution in [1.82, 2.24) is 9.97 Å². The number of hydrogen-bond acceptors (Lipinski definition) is 7. The quantitative estimate of drug-likeness (QED) is 0.442. The average molecular weight is 393 g/mol. The molecule has 2 atom stereocenters. The van der Waals surface area contributed by atoms with Gasteiger partial charge in [0.05, 0.1) is 17.4 Å². The van der Waals surface area contributed by atoms with Crippen LogP contribution in [-0.2, 0) is 0 Å². The highest BCUT2D eigenvalue weighted by Crippen LogP contribution is 2.25. The first kappa shape index (κ1) is 21.3. The molecule has 8 nitrogen and oxygen atoms in total. The van der Waals surface area contributed by atoms with Crippen molar-refractivity contribution < 1.29 is 13.6 Å². The van der Waals surface area contributed by atoms with Gasteiger partial charge in [0, 0.05) is 25.2 Å². The molecule has 0 bridgehead atoms. The predicted molar refractivity (Wildman–Crippen MR) is 106 cm³/mol. The number of nitrogens with zero attached hydrogens (tertiary/aromatic N) is 2. The van der Waals surface area contributed by atoms with Gasteiger partial charge in [-0.05, 0) is 19.4 Å². The van der Waals surface area contributed by atoms with Crippen molar-refractivity contribution in [3.8, 4) is 0 Å². The standard InChI is InChI=1S/C18H25F2N7O/c1-4-5-14(9(2)21)26-18-13(20)7-11(15(22)28)16(27-18)25-10-6-12(19)17(23-3)24-8-10/h6-9,14H,4-5,21H2,1-3H3,(H2,22,28)(H,23,24)(H2,25,26,27)/t9-,14+/m0/s1. The van der Waals surface area contributed by atoms with Gasteiger partial charge in [-0.15, -0.1) is 0 Å². The van der Waals surface area contributed by atoms with Crippen molar-refractivity contribution in [1.29, 1.82) is 0 Å². The van der Waals surface area contributed by atoms with Crippen molar-refractivity contribution in [2.24, 2.45) is 11.5 Å². The molecule has 0 saturated heterocycles. The van der Waals surface area contributed by atoms with E-state index < -0.39 is 17.5 Å². The van der Waals surface area contributed by atoms with Crippen LogP contribution >= 0.6 is 0 Å². The second kappa shape index (κ2) is 9.27. The third-order valence-corrected chi connectivity index (χ3v) is 4.14. The Morgan fingerprint density at radius 1 is 1.21 bits per heavy atom. The summed E-state index contributed by atoms with van der Waals surface area (Å²) < 4.78 is 28.4. The van der Waals surface area contributed by atoms with Crippen molar-refractivity contribution in [3.63, 3.8) is 0 Å². The van der Waals surface area contributed by atoms with Crippen LogP contribution in [-0.4, -0.2) is 35.0 Å². The summed E-state index contributed by atoms with van der Waals surface area (Å²) in [6, 6.07) is 1.69. The Hall–Kier alpha value is -3.01. The minimum absolute atomic E-state index is 0.0188. The van der Waals surface area contributed by atoms with Gasteiger partial charge in [0.1, 0.15) is 5.82 Å². The molecular weight excluding hydrogens is 368 g/mol. The van der Waals surface area contributed by atoms with E-state index in [1.165, 1.54) is 19.3 Å². The Balaban J connectivity index is 2.41. The number of nitrogens with one attached hydrogen (secondary N) is 3. The zero-order valence-corrected chi connectivity index (χ0v) is 16.0. The fourth-order valence-corrected chi connectivity index (χ4v) is 2.65. The van der Waals surface area contributed by atoms with Gasteiger partial charge in [-0.2, -0.15) is 0 Å². The van der Waals surface area contributed by atoms with E-state index in [-0.39, 0.29) is 40.8 Å². The number of amides is 1. The zero-order valence-electron chi connectivity index (χ0n) is 16.0. The fourth-order valence-electron chi connectivity index (χ4n) is 2.65. The third-order valence-electron chi connectivity index (χ3n) is 4.14. The fraction of sp³-hybridized carbons (Fsp3) is 0.389. The largest absolute Gasteiger partial charge is 0.371 e. The maximum atomic E-state index is 14.5. The summed E-state index contributed by atoms with van der Waals surface area (Å²) in [6.45, 7) is 3.79. The molecule has 0 saturated carbocycles. The van der Waals surface area contributed by atoms with Gasteiger partial charge in [-0.3, -0.25) is 4.79 Å². The summed E-state index contributed by atoms with van der Waals surface area (Å²) >= 11 is 0. The molecule has 0 spiro atoms. The molecular formula is C18H25F2N7O. The summed E-state index contributed by atoms with van der Waals surface area (Å²) in [4.78, 5) is 19.8. The number of carbonyl (C=O) groups excluding carboxylic acids is 1. The highest BCUT2D eigenvalue weighted by atomic mass is 19.1. The highest BCUT2D eigenvalue weighted by Gasteiger charge is 2.20. The number of nitrogens with two attached hydrogens (primary N) is 2. The maximum absolute atomic E-state index is 14.5. The molecule has 0 fully saturated rings. The first-order chi connectivity index (χ1) is 13.3. The molecule has 152 valence electrons. The molecule has 0 aliphatic rings. The van der Waals surface area contributed by atoms with Gasteiger partial charge in [-0.1, -0.05) is 13.3 Å². The van der Waals surface area contributed by atoms with Crippen LogP contribution in [0.25, 0.3) is 0 Å². The molecule has 0 unspecified atom stereocenters. The van der Waals surface area contributed by atoms with Crippen LogP contribution < -0.4 is 27.4 Å².